The van der Waals surface area contributed by atoms with Gasteiger partial charge in [0.1, 0.15) is 0 Å². The predicted molar refractivity (Wildman–Crippen MR) is 67.5 cm³/mol. The lowest BCUT2D eigenvalue weighted by molar-refractivity contribution is 0.386. The molecule has 0 atom stereocenters. The Morgan fingerprint density at radius 1 is 1.41 bits per heavy atom. The molecule has 0 bridgehead atoms. The molecule has 0 saturated carbocycles. The molecule has 1 aliphatic rings. The fourth-order valence-corrected chi connectivity index (χ4v) is 3.23. The number of benzene rings is 1. The molecule has 1 N–H and O–H groups in total. The molecule has 1 heterocycles. The summed E-state index contributed by atoms with van der Waals surface area (Å²) < 4.78 is 29.5. The van der Waals surface area contributed by atoms with Crippen molar-refractivity contribution in [2.45, 2.75) is 18.9 Å². The summed E-state index contributed by atoms with van der Waals surface area (Å²) in [7, 11) is 0.784. The molecule has 1 aromatic carbocycles. The molecule has 0 spiro atoms. The number of halogens is 1. The van der Waals surface area contributed by atoms with Crippen molar-refractivity contribution < 1.29 is 13.3 Å². The third-order valence-corrected chi connectivity index (χ3v) is 4.29. The van der Waals surface area contributed by atoms with Gasteiger partial charge >= 0.3 is 0 Å². The normalized spacial score (nSPS) is 24.4. The third-order valence-electron chi connectivity index (χ3n) is 2.91. The van der Waals surface area contributed by atoms with E-state index in [-0.39, 0.29) is 11.6 Å². The zero-order valence-corrected chi connectivity index (χ0v) is 10.6. The number of hydrogen-bond donors (Lipinski definition) is 1. The first-order valence-corrected chi connectivity index (χ1v) is 7.13. The summed E-state index contributed by atoms with van der Waals surface area (Å²) in [5.74, 6) is 1.35. The van der Waals surface area contributed by atoms with Crippen molar-refractivity contribution in [3.63, 3.8) is 0 Å². The molecule has 1 aliphatic heterocycles. The van der Waals surface area contributed by atoms with Gasteiger partial charge in [0.15, 0.2) is 11.6 Å². The van der Waals surface area contributed by atoms with Gasteiger partial charge in [0.25, 0.3) is 0 Å². The van der Waals surface area contributed by atoms with Crippen LogP contribution >= 0.6 is 0 Å². The van der Waals surface area contributed by atoms with Gasteiger partial charge in [-0.1, -0.05) is 0 Å². The zero-order chi connectivity index (χ0) is 12.3. The average Bonchev–Trinajstić information content (AvgIpc) is 2.32. The molecule has 0 unspecified atom stereocenters. The Bertz CT molecular complexity index is 415. The maximum absolute atomic E-state index is 13.5. The molecular weight excluding hydrogens is 241 g/mol. The van der Waals surface area contributed by atoms with E-state index >= 15 is 0 Å². The number of anilines is 1. The molecule has 5 heteroatoms. The Labute approximate surface area is 103 Å². The monoisotopic (exact) mass is 257 g/mol. The van der Waals surface area contributed by atoms with Crippen molar-refractivity contribution in [3.05, 3.63) is 24.0 Å². The summed E-state index contributed by atoms with van der Waals surface area (Å²) in [6.07, 6.45) is 1.75. The van der Waals surface area contributed by atoms with Gasteiger partial charge < -0.3 is 10.1 Å². The van der Waals surface area contributed by atoms with E-state index in [0.717, 1.165) is 30.0 Å². The number of ether oxygens (including phenoxy) is 1. The maximum atomic E-state index is 13.5. The smallest absolute Gasteiger partial charge is 0.167 e. The third kappa shape index (κ3) is 3.19. The van der Waals surface area contributed by atoms with Gasteiger partial charge in [-0.3, -0.25) is 4.21 Å². The van der Waals surface area contributed by atoms with Gasteiger partial charge in [-0.2, -0.15) is 0 Å². The molecule has 3 nitrogen and oxygen atoms in total. The standard InChI is InChI=1S/C12H16FNO2S/c1-16-12-3-2-10(8-11(12)13)14-9-4-6-17(15)7-5-9/h2-3,8-9,14H,4-7H2,1H3. The SMILES string of the molecule is COc1ccc(NC2CCS(=O)CC2)cc1F. The summed E-state index contributed by atoms with van der Waals surface area (Å²) in [5, 5.41) is 3.26. The number of methoxy groups -OCH3 is 1. The minimum absolute atomic E-state index is 0.250. The Morgan fingerprint density at radius 3 is 2.71 bits per heavy atom. The maximum Gasteiger partial charge on any atom is 0.167 e. The lowest BCUT2D eigenvalue weighted by Gasteiger charge is -2.23. The van der Waals surface area contributed by atoms with Crippen LogP contribution in [0.1, 0.15) is 12.8 Å². The lowest BCUT2D eigenvalue weighted by atomic mass is 10.1. The molecular formula is C12H16FNO2S. The lowest BCUT2D eigenvalue weighted by Crippen LogP contribution is -2.29. The highest BCUT2D eigenvalue weighted by Crippen LogP contribution is 2.22. The van der Waals surface area contributed by atoms with Crippen LogP contribution in [-0.4, -0.2) is 28.9 Å². The Kier molecular flexibility index (Phi) is 3.99. The summed E-state index contributed by atoms with van der Waals surface area (Å²) in [6, 6.07) is 5.14. The van der Waals surface area contributed by atoms with Crippen molar-refractivity contribution in [2.24, 2.45) is 0 Å². The summed E-state index contributed by atoms with van der Waals surface area (Å²) in [4.78, 5) is 0. The number of rotatable bonds is 3. The van der Waals surface area contributed by atoms with E-state index < -0.39 is 10.8 Å². The summed E-state index contributed by atoms with van der Waals surface area (Å²) in [5.41, 5.74) is 0.751. The first kappa shape index (κ1) is 12.4. The molecule has 17 heavy (non-hydrogen) atoms. The van der Waals surface area contributed by atoms with Crippen LogP contribution < -0.4 is 10.1 Å². The van der Waals surface area contributed by atoms with Gasteiger partial charge in [-0.25, -0.2) is 4.39 Å². The van der Waals surface area contributed by atoms with Crippen molar-refractivity contribution in [1.82, 2.24) is 0 Å². The fourth-order valence-electron chi connectivity index (χ4n) is 1.93. The van der Waals surface area contributed by atoms with Gasteiger partial charge in [-0.05, 0) is 25.0 Å². The van der Waals surface area contributed by atoms with Crippen LogP contribution in [0.4, 0.5) is 10.1 Å². The van der Waals surface area contributed by atoms with Gasteiger partial charge in [-0.15, -0.1) is 0 Å². The largest absolute Gasteiger partial charge is 0.494 e. The van der Waals surface area contributed by atoms with Crippen molar-refractivity contribution in [1.29, 1.82) is 0 Å². The summed E-state index contributed by atoms with van der Waals surface area (Å²) >= 11 is 0. The molecule has 0 aromatic heterocycles. The van der Waals surface area contributed by atoms with E-state index in [4.69, 9.17) is 4.74 Å². The van der Waals surface area contributed by atoms with Crippen LogP contribution in [0.2, 0.25) is 0 Å². The van der Waals surface area contributed by atoms with Gasteiger partial charge in [0, 0.05) is 40.1 Å². The van der Waals surface area contributed by atoms with E-state index in [0.29, 0.717) is 6.04 Å². The van der Waals surface area contributed by atoms with Crippen LogP contribution in [0, 0.1) is 5.82 Å². The Balaban J connectivity index is 1.99. The fraction of sp³-hybridized carbons (Fsp3) is 0.500. The van der Waals surface area contributed by atoms with Gasteiger partial charge in [0.2, 0.25) is 0 Å². The Morgan fingerprint density at radius 2 is 2.12 bits per heavy atom. The summed E-state index contributed by atoms with van der Waals surface area (Å²) in [6.45, 7) is 0. The van der Waals surface area contributed by atoms with Crippen molar-refractivity contribution in [2.75, 3.05) is 23.9 Å². The van der Waals surface area contributed by atoms with E-state index in [1.54, 1.807) is 12.1 Å². The highest BCUT2D eigenvalue weighted by atomic mass is 32.2. The molecule has 0 aliphatic carbocycles. The van der Waals surface area contributed by atoms with Crippen molar-refractivity contribution in [3.8, 4) is 5.75 Å². The van der Waals surface area contributed by atoms with E-state index in [1.807, 2.05) is 0 Å². The minimum Gasteiger partial charge on any atom is -0.494 e. The highest BCUT2D eigenvalue weighted by Gasteiger charge is 2.17. The second-order valence-corrected chi connectivity index (χ2v) is 5.81. The number of hydrogen-bond acceptors (Lipinski definition) is 3. The first-order valence-electron chi connectivity index (χ1n) is 5.64. The zero-order valence-electron chi connectivity index (χ0n) is 9.74. The number of nitrogens with one attached hydrogen (secondary N) is 1. The van der Waals surface area contributed by atoms with Crippen LogP contribution in [0.15, 0.2) is 18.2 Å². The topological polar surface area (TPSA) is 38.3 Å². The molecule has 1 saturated heterocycles. The molecule has 1 aromatic rings. The van der Waals surface area contributed by atoms with Crippen LogP contribution in [0.3, 0.4) is 0 Å². The molecule has 0 radical (unpaired) electrons. The van der Waals surface area contributed by atoms with E-state index in [2.05, 4.69) is 5.32 Å². The van der Waals surface area contributed by atoms with Crippen LogP contribution in [0.5, 0.6) is 5.75 Å². The first-order chi connectivity index (χ1) is 8.19. The molecule has 2 rings (SSSR count). The average molecular weight is 257 g/mol. The minimum atomic E-state index is -0.662. The predicted octanol–water partition coefficient (Wildman–Crippen LogP) is 2.16. The van der Waals surface area contributed by atoms with Crippen LogP contribution in [0.25, 0.3) is 0 Å². The quantitative estimate of drug-likeness (QED) is 0.901. The van der Waals surface area contributed by atoms with Crippen LogP contribution in [-0.2, 0) is 10.8 Å². The Hall–Kier alpha value is -1.10. The molecule has 1 fully saturated rings. The van der Waals surface area contributed by atoms with Crippen molar-refractivity contribution >= 4 is 16.5 Å². The van der Waals surface area contributed by atoms with Gasteiger partial charge in [0.05, 0.1) is 7.11 Å². The molecule has 0 amide bonds. The second-order valence-electron chi connectivity index (χ2n) is 4.12. The second kappa shape index (κ2) is 5.49. The highest BCUT2D eigenvalue weighted by molar-refractivity contribution is 7.85. The van der Waals surface area contributed by atoms with E-state index in [1.165, 1.54) is 13.2 Å². The molecule has 94 valence electrons. The van der Waals surface area contributed by atoms with E-state index in [9.17, 15) is 8.60 Å².